The number of ether oxygens (including phenoxy) is 1. The molecule has 2 aliphatic rings. The highest BCUT2D eigenvalue weighted by Gasteiger charge is 2.27. The number of benzene rings is 1. The summed E-state index contributed by atoms with van der Waals surface area (Å²) in [6, 6.07) is 7.07. The van der Waals surface area contributed by atoms with Crippen molar-refractivity contribution in [2.75, 3.05) is 6.61 Å². The van der Waals surface area contributed by atoms with Gasteiger partial charge in [-0.3, -0.25) is 0 Å². The summed E-state index contributed by atoms with van der Waals surface area (Å²) in [5.41, 5.74) is 1.23. The van der Waals surface area contributed by atoms with Crippen LogP contribution in [0, 0.1) is 0 Å². The van der Waals surface area contributed by atoms with E-state index in [0.29, 0.717) is 6.04 Å². The number of fused-ring (bicyclic) bond motifs is 1. The average Bonchev–Trinajstić information content (AvgIpc) is 3.08. The molecule has 86 valence electrons. The SMILES string of the molecule is Clc1ccc2c(c1)C(NC1CC1)CCCO2. The van der Waals surface area contributed by atoms with Gasteiger partial charge in [0.15, 0.2) is 0 Å². The molecule has 1 aliphatic heterocycles. The maximum Gasteiger partial charge on any atom is 0.124 e. The van der Waals surface area contributed by atoms with Crippen molar-refractivity contribution >= 4 is 11.6 Å². The molecule has 0 saturated heterocycles. The molecule has 1 saturated carbocycles. The van der Waals surface area contributed by atoms with E-state index in [4.69, 9.17) is 16.3 Å². The predicted octanol–water partition coefficient (Wildman–Crippen LogP) is 3.31. The molecule has 1 N–H and O–H groups in total. The van der Waals surface area contributed by atoms with Gasteiger partial charge >= 0.3 is 0 Å². The highest BCUT2D eigenvalue weighted by Crippen LogP contribution is 2.35. The van der Waals surface area contributed by atoms with Crippen LogP contribution in [-0.4, -0.2) is 12.6 Å². The standard InChI is InChI=1S/C13H16ClNO/c14-9-3-6-13-11(8-9)12(2-1-7-16-13)15-10-4-5-10/h3,6,8,10,12,15H,1-2,4-5,7H2. The van der Waals surface area contributed by atoms with E-state index in [2.05, 4.69) is 5.32 Å². The number of nitrogens with one attached hydrogen (secondary N) is 1. The summed E-state index contributed by atoms with van der Waals surface area (Å²) in [6.07, 6.45) is 4.88. The molecule has 0 radical (unpaired) electrons. The molecule has 1 fully saturated rings. The average molecular weight is 238 g/mol. The Morgan fingerprint density at radius 2 is 2.12 bits per heavy atom. The minimum Gasteiger partial charge on any atom is -0.493 e. The summed E-state index contributed by atoms with van der Waals surface area (Å²) in [6.45, 7) is 0.817. The normalized spacial score (nSPS) is 24.4. The van der Waals surface area contributed by atoms with Gasteiger partial charge in [0.1, 0.15) is 5.75 Å². The number of rotatable bonds is 2. The van der Waals surface area contributed by atoms with E-state index in [0.717, 1.165) is 36.3 Å². The molecule has 0 aromatic heterocycles. The van der Waals surface area contributed by atoms with Crippen LogP contribution in [0.5, 0.6) is 5.75 Å². The Kier molecular flexibility index (Phi) is 2.78. The minimum atomic E-state index is 0.420. The monoisotopic (exact) mass is 237 g/mol. The second-order valence-corrected chi connectivity index (χ2v) is 5.10. The molecular formula is C13H16ClNO. The second kappa shape index (κ2) is 4.27. The van der Waals surface area contributed by atoms with E-state index in [-0.39, 0.29) is 0 Å². The third-order valence-electron chi connectivity index (χ3n) is 3.26. The first-order valence-corrected chi connectivity index (χ1v) is 6.39. The van der Waals surface area contributed by atoms with E-state index in [9.17, 15) is 0 Å². The van der Waals surface area contributed by atoms with Crippen LogP contribution in [0.25, 0.3) is 0 Å². The molecule has 1 aromatic rings. The fraction of sp³-hybridized carbons (Fsp3) is 0.538. The number of hydrogen-bond donors (Lipinski definition) is 1. The van der Waals surface area contributed by atoms with Crippen LogP contribution < -0.4 is 10.1 Å². The van der Waals surface area contributed by atoms with E-state index in [1.807, 2.05) is 18.2 Å². The Morgan fingerprint density at radius 1 is 1.25 bits per heavy atom. The minimum absolute atomic E-state index is 0.420. The van der Waals surface area contributed by atoms with E-state index >= 15 is 0 Å². The third-order valence-corrected chi connectivity index (χ3v) is 3.49. The highest BCUT2D eigenvalue weighted by atomic mass is 35.5. The first-order valence-electron chi connectivity index (χ1n) is 6.01. The van der Waals surface area contributed by atoms with Gasteiger partial charge in [-0.05, 0) is 43.9 Å². The molecule has 1 aliphatic carbocycles. The molecule has 16 heavy (non-hydrogen) atoms. The van der Waals surface area contributed by atoms with Crippen LogP contribution >= 0.6 is 11.6 Å². The summed E-state index contributed by atoms with van der Waals surface area (Å²) in [5, 5.41) is 4.48. The molecule has 3 heteroatoms. The summed E-state index contributed by atoms with van der Waals surface area (Å²) in [5.74, 6) is 1.00. The van der Waals surface area contributed by atoms with Crippen LogP contribution in [0.2, 0.25) is 5.02 Å². The maximum atomic E-state index is 6.06. The Labute approximate surface area is 101 Å². The molecule has 2 nitrogen and oxygen atoms in total. The van der Waals surface area contributed by atoms with Crippen LogP contribution in [0.3, 0.4) is 0 Å². The quantitative estimate of drug-likeness (QED) is 0.852. The van der Waals surface area contributed by atoms with Gasteiger partial charge in [-0.15, -0.1) is 0 Å². The molecule has 0 spiro atoms. The van der Waals surface area contributed by atoms with E-state index in [1.54, 1.807) is 0 Å². The van der Waals surface area contributed by atoms with Gasteiger partial charge in [-0.25, -0.2) is 0 Å². The van der Waals surface area contributed by atoms with Crippen LogP contribution in [0.4, 0.5) is 0 Å². The molecule has 1 unspecified atom stereocenters. The molecule has 1 atom stereocenters. The fourth-order valence-electron chi connectivity index (χ4n) is 2.26. The van der Waals surface area contributed by atoms with Gasteiger partial charge in [-0.1, -0.05) is 11.6 Å². The molecule has 0 bridgehead atoms. The molecular weight excluding hydrogens is 222 g/mol. The number of halogens is 1. The largest absolute Gasteiger partial charge is 0.493 e. The summed E-state index contributed by atoms with van der Waals surface area (Å²) < 4.78 is 5.74. The van der Waals surface area contributed by atoms with Gasteiger partial charge in [0, 0.05) is 22.7 Å². The Bertz CT molecular complexity index is 390. The van der Waals surface area contributed by atoms with Crippen LogP contribution in [0.1, 0.15) is 37.3 Å². The van der Waals surface area contributed by atoms with Gasteiger partial charge in [0.25, 0.3) is 0 Å². The zero-order chi connectivity index (χ0) is 11.0. The number of hydrogen-bond acceptors (Lipinski definition) is 2. The third kappa shape index (κ3) is 2.18. The van der Waals surface area contributed by atoms with E-state index in [1.165, 1.54) is 18.4 Å². The van der Waals surface area contributed by atoms with Gasteiger partial charge in [-0.2, -0.15) is 0 Å². The van der Waals surface area contributed by atoms with Crippen molar-refractivity contribution in [1.29, 1.82) is 0 Å². The summed E-state index contributed by atoms with van der Waals surface area (Å²) in [7, 11) is 0. The topological polar surface area (TPSA) is 21.3 Å². The van der Waals surface area contributed by atoms with Crippen LogP contribution in [0.15, 0.2) is 18.2 Å². The first-order chi connectivity index (χ1) is 7.83. The molecule has 1 heterocycles. The Balaban J connectivity index is 1.90. The zero-order valence-electron chi connectivity index (χ0n) is 9.21. The fourth-order valence-corrected chi connectivity index (χ4v) is 2.44. The lowest BCUT2D eigenvalue weighted by atomic mass is 10.0. The Hall–Kier alpha value is -0.730. The lowest BCUT2D eigenvalue weighted by Crippen LogP contribution is -2.23. The van der Waals surface area contributed by atoms with Crippen LogP contribution in [-0.2, 0) is 0 Å². The Morgan fingerprint density at radius 3 is 2.94 bits per heavy atom. The molecule has 1 aromatic carbocycles. The lowest BCUT2D eigenvalue weighted by molar-refractivity contribution is 0.315. The van der Waals surface area contributed by atoms with Gasteiger partial charge < -0.3 is 10.1 Å². The molecule has 0 amide bonds. The molecule has 3 rings (SSSR count). The zero-order valence-corrected chi connectivity index (χ0v) is 9.96. The van der Waals surface area contributed by atoms with Crippen molar-refractivity contribution < 1.29 is 4.74 Å². The van der Waals surface area contributed by atoms with Crippen molar-refractivity contribution in [1.82, 2.24) is 5.32 Å². The first kappa shape index (κ1) is 10.4. The van der Waals surface area contributed by atoms with Crippen molar-refractivity contribution in [2.24, 2.45) is 0 Å². The summed E-state index contributed by atoms with van der Waals surface area (Å²) in [4.78, 5) is 0. The van der Waals surface area contributed by atoms with Gasteiger partial charge in [0.05, 0.1) is 6.61 Å². The highest BCUT2D eigenvalue weighted by molar-refractivity contribution is 6.30. The summed E-state index contributed by atoms with van der Waals surface area (Å²) >= 11 is 6.06. The van der Waals surface area contributed by atoms with Crippen molar-refractivity contribution in [3.05, 3.63) is 28.8 Å². The maximum absolute atomic E-state index is 6.06. The van der Waals surface area contributed by atoms with Crippen molar-refractivity contribution in [3.8, 4) is 5.75 Å². The smallest absolute Gasteiger partial charge is 0.124 e. The van der Waals surface area contributed by atoms with Crippen molar-refractivity contribution in [3.63, 3.8) is 0 Å². The lowest BCUT2D eigenvalue weighted by Gasteiger charge is -2.18. The van der Waals surface area contributed by atoms with Gasteiger partial charge in [0.2, 0.25) is 0 Å². The predicted molar refractivity (Wildman–Crippen MR) is 65.1 cm³/mol. The van der Waals surface area contributed by atoms with E-state index < -0.39 is 0 Å². The second-order valence-electron chi connectivity index (χ2n) is 4.67. The van der Waals surface area contributed by atoms with Crippen molar-refractivity contribution in [2.45, 2.75) is 37.8 Å².